The van der Waals surface area contributed by atoms with Crippen LogP contribution in [-0.2, 0) is 16.6 Å². The fourth-order valence-corrected chi connectivity index (χ4v) is 3.31. The van der Waals surface area contributed by atoms with Crippen LogP contribution in [0.5, 0.6) is 5.75 Å². The number of rotatable bonds is 7. The number of carbonyl (C=O) groups excluding carboxylic acids is 1. The summed E-state index contributed by atoms with van der Waals surface area (Å²) in [5.74, 6) is 0.126. The Balaban J connectivity index is 2.23. The van der Waals surface area contributed by atoms with E-state index in [-0.39, 0.29) is 11.7 Å². The van der Waals surface area contributed by atoms with Gasteiger partial charge in [0, 0.05) is 6.54 Å². The zero-order chi connectivity index (χ0) is 16.3. The summed E-state index contributed by atoms with van der Waals surface area (Å²) in [6, 6.07) is 3.66. The Labute approximate surface area is 133 Å². The summed E-state index contributed by atoms with van der Waals surface area (Å²) in [6.07, 6.45) is 3.21. The van der Waals surface area contributed by atoms with Gasteiger partial charge in [-0.25, -0.2) is 0 Å². The summed E-state index contributed by atoms with van der Waals surface area (Å²) in [4.78, 5) is 14.6. The number of phenolic OH excluding ortho intramolecular Hbond substituents is 1. The first-order chi connectivity index (χ1) is 10.4. The van der Waals surface area contributed by atoms with Crippen LogP contribution in [0.15, 0.2) is 12.1 Å². The van der Waals surface area contributed by atoms with Gasteiger partial charge in [0.25, 0.3) is 0 Å². The molecule has 1 aliphatic heterocycles. The minimum absolute atomic E-state index is 0.0378. The highest BCUT2D eigenvalue weighted by molar-refractivity contribution is 6.07. The molecule has 122 valence electrons. The monoisotopic (exact) mass is 304 g/mol. The summed E-state index contributed by atoms with van der Waals surface area (Å²) in [7, 11) is 0. The van der Waals surface area contributed by atoms with Crippen molar-refractivity contribution in [1.82, 2.24) is 4.90 Å². The van der Waals surface area contributed by atoms with Gasteiger partial charge in [0.1, 0.15) is 5.75 Å². The fraction of sp³-hybridized carbons (Fsp3) is 0.611. The lowest BCUT2D eigenvalue weighted by Crippen LogP contribution is -2.30. The highest BCUT2D eigenvalue weighted by Crippen LogP contribution is 2.44. The van der Waals surface area contributed by atoms with Gasteiger partial charge >= 0.3 is 0 Å². The number of nitrogens with one attached hydrogen (secondary N) is 1. The summed E-state index contributed by atoms with van der Waals surface area (Å²) in [5, 5.41) is 12.9. The van der Waals surface area contributed by atoms with Crippen molar-refractivity contribution in [3.8, 4) is 5.75 Å². The molecule has 0 aromatic heterocycles. The second-order valence-electron chi connectivity index (χ2n) is 6.66. The second-order valence-corrected chi connectivity index (χ2v) is 6.66. The van der Waals surface area contributed by atoms with Crippen molar-refractivity contribution in [3.63, 3.8) is 0 Å². The zero-order valence-electron chi connectivity index (χ0n) is 14.2. The molecule has 1 amide bonds. The molecular formula is C18H28N2O2. The Kier molecular flexibility index (Phi) is 5.12. The molecule has 0 saturated carbocycles. The predicted octanol–water partition coefficient (Wildman–Crippen LogP) is 3.29. The number of amides is 1. The molecule has 0 bridgehead atoms. The summed E-state index contributed by atoms with van der Waals surface area (Å²) in [6.45, 7) is 11.5. The molecule has 0 unspecified atom stereocenters. The summed E-state index contributed by atoms with van der Waals surface area (Å²) >= 11 is 0. The first-order valence-electron chi connectivity index (χ1n) is 8.30. The number of nitrogens with zero attached hydrogens (tertiary/aromatic N) is 1. The van der Waals surface area contributed by atoms with E-state index in [4.69, 9.17) is 0 Å². The van der Waals surface area contributed by atoms with Crippen LogP contribution < -0.4 is 5.32 Å². The van der Waals surface area contributed by atoms with Crippen LogP contribution in [0.1, 0.15) is 51.7 Å². The number of benzene rings is 1. The lowest BCUT2D eigenvalue weighted by molar-refractivity contribution is -0.119. The Morgan fingerprint density at radius 3 is 2.36 bits per heavy atom. The second kappa shape index (κ2) is 6.69. The molecule has 0 radical (unpaired) electrons. The van der Waals surface area contributed by atoms with Gasteiger partial charge in [-0.1, -0.05) is 19.9 Å². The van der Waals surface area contributed by atoms with Crippen molar-refractivity contribution in [2.75, 3.05) is 25.0 Å². The zero-order valence-corrected chi connectivity index (χ0v) is 14.2. The van der Waals surface area contributed by atoms with E-state index in [2.05, 4.69) is 24.1 Å². The molecule has 1 aromatic rings. The van der Waals surface area contributed by atoms with Crippen molar-refractivity contribution in [1.29, 1.82) is 0 Å². The van der Waals surface area contributed by atoms with Crippen LogP contribution in [-0.4, -0.2) is 35.5 Å². The van der Waals surface area contributed by atoms with Crippen LogP contribution >= 0.6 is 0 Å². The first kappa shape index (κ1) is 16.8. The number of fused-ring (bicyclic) bond motifs is 1. The average molecular weight is 304 g/mol. The average Bonchev–Trinajstić information content (AvgIpc) is 2.71. The van der Waals surface area contributed by atoms with E-state index in [0.717, 1.165) is 50.0 Å². The Morgan fingerprint density at radius 2 is 1.77 bits per heavy atom. The van der Waals surface area contributed by atoms with Crippen LogP contribution in [0.4, 0.5) is 5.69 Å². The minimum Gasteiger partial charge on any atom is -0.506 e. The largest absolute Gasteiger partial charge is 0.506 e. The van der Waals surface area contributed by atoms with E-state index in [1.54, 1.807) is 6.07 Å². The van der Waals surface area contributed by atoms with Crippen molar-refractivity contribution in [2.45, 2.75) is 52.4 Å². The van der Waals surface area contributed by atoms with E-state index in [0.29, 0.717) is 5.69 Å². The first-order valence-corrected chi connectivity index (χ1v) is 8.30. The van der Waals surface area contributed by atoms with Gasteiger partial charge in [0.2, 0.25) is 5.91 Å². The third kappa shape index (κ3) is 3.12. The third-order valence-corrected chi connectivity index (χ3v) is 4.48. The van der Waals surface area contributed by atoms with Crippen LogP contribution in [0.3, 0.4) is 0 Å². The number of anilines is 1. The molecule has 4 heteroatoms. The van der Waals surface area contributed by atoms with Crippen LogP contribution in [0, 0.1) is 0 Å². The van der Waals surface area contributed by atoms with Crippen molar-refractivity contribution < 1.29 is 9.90 Å². The number of carbonyl (C=O) groups is 1. The standard InChI is InChI=1S/C18H28N2O2/c1-5-10-20(11-6-2)12-9-13-7-8-14(21)16-15(13)18(3,4)17(22)19-16/h7-8,21H,5-6,9-12H2,1-4H3,(H,19,22). The Hall–Kier alpha value is -1.55. The molecule has 2 rings (SSSR count). The predicted molar refractivity (Wildman–Crippen MR) is 90.5 cm³/mol. The normalized spacial score (nSPS) is 16.0. The van der Waals surface area contributed by atoms with Crippen LogP contribution in [0.2, 0.25) is 0 Å². The van der Waals surface area contributed by atoms with E-state index in [1.807, 2.05) is 19.9 Å². The minimum atomic E-state index is -0.580. The maximum atomic E-state index is 12.2. The van der Waals surface area contributed by atoms with E-state index in [1.165, 1.54) is 0 Å². The van der Waals surface area contributed by atoms with E-state index in [9.17, 15) is 9.90 Å². The van der Waals surface area contributed by atoms with Gasteiger partial charge < -0.3 is 15.3 Å². The maximum Gasteiger partial charge on any atom is 0.234 e. The molecule has 1 aromatic carbocycles. The number of hydrogen-bond acceptors (Lipinski definition) is 3. The SMILES string of the molecule is CCCN(CCC)CCc1ccc(O)c2c1C(C)(C)C(=O)N2. The molecule has 1 heterocycles. The quantitative estimate of drug-likeness (QED) is 0.760. The Morgan fingerprint density at radius 1 is 1.14 bits per heavy atom. The van der Waals surface area contributed by atoms with Gasteiger partial charge in [0.15, 0.2) is 0 Å². The molecule has 0 saturated heterocycles. The van der Waals surface area contributed by atoms with Gasteiger partial charge in [-0.05, 0) is 63.4 Å². The molecule has 4 nitrogen and oxygen atoms in total. The molecule has 1 aliphatic rings. The van der Waals surface area contributed by atoms with E-state index >= 15 is 0 Å². The number of aromatic hydroxyl groups is 1. The Bertz CT molecular complexity index is 546. The van der Waals surface area contributed by atoms with Crippen molar-refractivity contribution in [2.24, 2.45) is 0 Å². The van der Waals surface area contributed by atoms with Crippen molar-refractivity contribution in [3.05, 3.63) is 23.3 Å². The molecule has 22 heavy (non-hydrogen) atoms. The third-order valence-electron chi connectivity index (χ3n) is 4.48. The summed E-state index contributed by atoms with van der Waals surface area (Å²) in [5.41, 5.74) is 2.15. The molecule has 0 spiro atoms. The number of phenols is 1. The van der Waals surface area contributed by atoms with Gasteiger partial charge in [-0.15, -0.1) is 0 Å². The van der Waals surface area contributed by atoms with Crippen LogP contribution in [0.25, 0.3) is 0 Å². The molecule has 0 aliphatic carbocycles. The lowest BCUT2D eigenvalue weighted by Gasteiger charge is -2.23. The molecular weight excluding hydrogens is 276 g/mol. The van der Waals surface area contributed by atoms with Gasteiger partial charge in [-0.3, -0.25) is 4.79 Å². The van der Waals surface area contributed by atoms with Gasteiger partial charge in [0.05, 0.1) is 11.1 Å². The molecule has 0 atom stereocenters. The molecule has 2 N–H and O–H groups in total. The highest BCUT2D eigenvalue weighted by Gasteiger charge is 2.41. The van der Waals surface area contributed by atoms with Gasteiger partial charge in [-0.2, -0.15) is 0 Å². The maximum absolute atomic E-state index is 12.2. The smallest absolute Gasteiger partial charge is 0.234 e. The molecule has 0 fully saturated rings. The fourth-order valence-electron chi connectivity index (χ4n) is 3.31. The highest BCUT2D eigenvalue weighted by atomic mass is 16.3. The van der Waals surface area contributed by atoms with Crippen molar-refractivity contribution >= 4 is 11.6 Å². The lowest BCUT2D eigenvalue weighted by atomic mass is 9.82. The number of hydrogen-bond donors (Lipinski definition) is 2. The topological polar surface area (TPSA) is 52.6 Å². The van der Waals surface area contributed by atoms with E-state index < -0.39 is 5.41 Å². The summed E-state index contributed by atoms with van der Waals surface area (Å²) < 4.78 is 0.